The maximum absolute atomic E-state index is 13.7. The van der Waals surface area contributed by atoms with Crippen LogP contribution in [0, 0.1) is 12.8 Å². The smallest absolute Gasteiger partial charge is 0.321 e. The van der Waals surface area contributed by atoms with E-state index in [0.29, 0.717) is 50.5 Å². The molecule has 1 aliphatic heterocycles. The normalized spacial score (nSPS) is 14.5. The minimum atomic E-state index is -3.53. The molecule has 214 valence electrons. The fourth-order valence-electron chi connectivity index (χ4n) is 4.68. The van der Waals surface area contributed by atoms with Gasteiger partial charge in [-0.05, 0) is 62.4 Å². The van der Waals surface area contributed by atoms with E-state index in [1.807, 2.05) is 49.9 Å². The van der Waals surface area contributed by atoms with Crippen LogP contribution in [0.15, 0.2) is 48.5 Å². The zero-order chi connectivity index (χ0) is 28.6. The highest BCUT2D eigenvalue weighted by atomic mass is 32.2. The van der Waals surface area contributed by atoms with Gasteiger partial charge in [-0.1, -0.05) is 43.7 Å². The van der Waals surface area contributed by atoms with Crippen molar-refractivity contribution in [1.29, 1.82) is 0 Å². The Labute approximate surface area is 233 Å². The number of sulfonamides is 1. The van der Waals surface area contributed by atoms with Gasteiger partial charge in [0, 0.05) is 37.9 Å². The molecule has 1 saturated heterocycles. The summed E-state index contributed by atoms with van der Waals surface area (Å²) >= 11 is 0. The molecule has 1 fully saturated rings. The SMILES string of the molecule is CCS(=O)(=O)N(CC(=O)N(Cc1ccc(C)cc1)C1CCN(C(=O)Nc2ccc(OC)cc2)CC1)CC(C)C. The van der Waals surface area contributed by atoms with Gasteiger partial charge in [-0.25, -0.2) is 13.2 Å². The fraction of sp³-hybridized carbons (Fsp3) is 0.517. The highest BCUT2D eigenvalue weighted by molar-refractivity contribution is 7.89. The molecule has 0 unspecified atom stereocenters. The minimum absolute atomic E-state index is 0.0490. The average Bonchev–Trinajstić information content (AvgIpc) is 2.92. The van der Waals surface area contributed by atoms with E-state index in [2.05, 4.69) is 5.32 Å². The van der Waals surface area contributed by atoms with Crippen LogP contribution in [0.25, 0.3) is 0 Å². The molecule has 0 atom stereocenters. The van der Waals surface area contributed by atoms with Gasteiger partial charge >= 0.3 is 6.03 Å². The number of hydrogen-bond donors (Lipinski definition) is 1. The number of urea groups is 1. The van der Waals surface area contributed by atoms with E-state index < -0.39 is 10.0 Å². The predicted molar refractivity (Wildman–Crippen MR) is 154 cm³/mol. The lowest BCUT2D eigenvalue weighted by molar-refractivity contribution is -0.135. The number of carbonyl (C=O) groups is 2. The molecular weight excluding hydrogens is 516 g/mol. The molecule has 0 radical (unpaired) electrons. The van der Waals surface area contributed by atoms with Crippen LogP contribution in [0.3, 0.4) is 0 Å². The number of anilines is 1. The molecular formula is C29H42N4O5S. The van der Waals surface area contributed by atoms with Crippen molar-refractivity contribution in [1.82, 2.24) is 14.1 Å². The molecule has 10 heteroatoms. The number of hydrogen-bond acceptors (Lipinski definition) is 5. The van der Waals surface area contributed by atoms with Gasteiger partial charge in [0.2, 0.25) is 15.9 Å². The monoisotopic (exact) mass is 558 g/mol. The summed E-state index contributed by atoms with van der Waals surface area (Å²) in [5.41, 5.74) is 2.80. The van der Waals surface area contributed by atoms with Crippen molar-refractivity contribution in [3.05, 3.63) is 59.7 Å². The van der Waals surface area contributed by atoms with E-state index in [1.54, 1.807) is 43.2 Å². The van der Waals surface area contributed by atoms with Crippen LogP contribution in [-0.2, 0) is 21.4 Å². The first-order valence-electron chi connectivity index (χ1n) is 13.5. The third-order valence-electron chi connectivity index (χ3n) is 6.97. The second-order valence-corrected chi connectivity index (χ2v) is 12.7. The number of aryl methyl sites for hydroxylation is 1. The third-order valence-corrected chi connectivity index (χ3v) is 8.76. The van der Waals surface area contributed by atoms with Crippen LogP contribution in [0.2, 0.25) is 0 Å². The van der Waals surface area contributed by atoms with Crippen molar-refractivity contribution in [2.24, 2.45) is 5.92 Å². The second-order valence-electron chi connectivity index (χ2n) is 10.5. The molecule has 9 nitrogen and oxygen atoms in total. The van der Waals surface area contributed by atoms with E-state index in [4.69, 9.17) is 4.74 Å². The van der Waals surface area contributed by atoms with E-state index in [1.165, 1.54) is 4.31 Å². The fourth-order valence-corrected chi connectivity index (χ4v) is 5.87. The first-order chi connectivity index (χ1) is 18.5. The lowest BCUT2D eigenvalue weighted by atomic mass is 10.0. The summed E-state index contributed by atoms with van der Waals surface area (Å²) in [6, 6.07) is 14.9. The Morgan fingerprint density at radius 2 is 1.67 bits per heavy atom. The summed E-state index contributed by atoms with van der Waals surface area (Å²) < 4.78 is 32.0. The maximum Gasteiger partial charge on any atom is 0.321 e. The Bertz CT molecular complexity index is 1190. The highest BCUT2D eigenvalue weighted by Crippen LogP contribution is 2.22. The number of nitrogens with zero attached hydrogens (tertiary/aromatic N) is 3. The van der Waals surface area contributed by atoms with Gasteiger partial charge in [-0.2, -0.15) is 4.31 Å². The Balaban J connectivity index is 1.72. The topological polar surface area (TPSA) is 99.3 Å². The van der Waals surface area contributed by atoms with Gasteiger partial charge in [0.15, 0.2) is 0 Å². The molecule has 39 heavy (non-hydrogen) atoms. The third kappa shape index (κ3) is 8.69. The number of nitrogens with one attached hydrogen (secondary N) is 1. The Morgan fingerprint density at radius 1 is 1.05 bits per heavy atom. The molecule has 0 spiro atoms. The Morgan fingerprint density at radius 3 is 2.21 bits per heavy atom. The molecule has 0 bridgehead atoms. The Kier molecular flexibility index (Phi) is 10.8. The zero-order valence-electron chi connectivity index (χ0n) is 23.7. The lowest BCUT2D eigenvalue weighted by Crippen LogP contribution is -2.52. The lowest BCUT2D eigenvalue weighted by Gasteiger charge is -2.39. The van der Waals surface area contributed by atoms with Crippen LogP contribution in [-0.4, -0.2) is 79.5 Å². The number of methoxy groups -OCH3 is 1. The largest absolute Gasteiger partial charge is 0.497 e. The predicted octanol–water partition coefficient (Wildman–Crippen LogP) is 4.34. The van der Waals surface area contributed by atoms with Crippen LogP contribution in [0.4, 0.5) is 10.5 Å². The van der Waals surface area contributed by atoms with Gasteiger partial charge in [0.1, 0.15) is 5.75 Å². The number of amides is 3. The van der Waals surface area contributed by atoms with Crippen molar-refractivity contribution in [3.8, 4) is 5.75 Å². The van der Waals surface area contributed by atoms with Crippen molar-refractivity contribution < 1.29 is 22.7 Å². The van der Waals surface area contributed by atoms with Crippen LogP contribution in [0.5, 0.6) is 5.75 Å². The second kappa shape index (κ2) is 13.8. The minimum Gasteiger partial charge on any atom is -0.497 e. The summed E-state index contributed by atoms with van der Waals surface area (Å²) in [6.45, 7) is 8.99. The molecule has 0 saturated carbocycles. The molecule has 3 rings (SSSR count). The molecule has 1 aliphatic rings. The number of ether oxygens (including phenoxy) is 1. The van der Waals surface area contributed by atoms with E-state index in [9.17, 15) is 18.0 Å². The summed E-state index contributed by atoms with van der Waals surface area (Å²) in [5, 5.41) is 2.92. The quantitative estimate of drug-likeness (QED) is 0.443. The molecule has 0 aromatic heterocycles. The standard InChI is InChI=1S/C29H42N4O5S/c1-6-39(36,37)32(19-22(2)3)21-28(34)33(20-24-9-7-23(4)8-10-24)26-15-17-31(18-16-26)29(35)30-25-11-13-27(38-5)14-12-25/h7-14,22,26H,6,15-21H2,1-5H3,(H,30,35). The van der Waals surface area contributed by atoms with Crippen LogP contribution >= 0.6 is 0 Å². The summed E-state index contributed by atoms with van der Waals surface area (Å²) in [5.74, 6) is 0.546. The van der Waals surface area contributed by atoms with Gasteiger partial charge in [0.25, 0.3) is 0 Å². The van der Waals surface area contributed by atoms with Gasteiger partial charge in [0.05, 0.1) is 19.4 Å². The van der Waals surface area contributed by atoms with E-state index >= 15 is 0 Å². The Hall–Kier alpha value is -3.11. The zero-order valence-corrected chi connectivity index (χ0v) is 24.5. The van der Waals surface area contributed by atoms with Crippen LogP contribution in [0.1, 0.15) is 44.7 Å². The van der Waals surface area contributed by atoms with Gasteiger partial charge < -0.3 is 19.9 Å². The molecule has 3 amide bonds. The number of piperidine rings is 1. The summed E-state index contributed by atoms with van der Waals surface area (Å²) in [6.07, 6.45) is 1.22. The van der Waals surface area contributed by atoms with E-state index in [-0.39, 0.29) is 36.2 Å². The van der Waals surface area contributed by atoms with Crippen molar-refractivity contribution in [2.75, 3.05) is 44.4 Å². The number of carbonyl (C=O) groups excluding carboxylic acids is 2. The molecule has 1 heterocycles. The molecule has 0 aliphatic carbocycles. The molecule has 2 aromatic rings. The maximum atomic E-state index is 13.7. The number of rotatable bonds is 11. The van der Waals surface area contributed by atoms with Crippen LogP contribution < -0.4 is 10.1 Å². The first kappa shape index (κ1) is 30.4. The highest BCUT2D eigenvalue weighted by Gasteiger charge is 2.32. The average molecular weight is 559 g/mol. The van der Waals surface area contributed by atoms with Crippen molar-refractivity contribution in [2.45, 2.75) is 53.1 Å². The van der Waals surface area contributed by atoms with E-state index in [0.717, 1.165) is 11.1 Å². The van der Waals surface area contributed by atoms with Gasteiger partial charge in [-0.15, -0.1) is 0 Å². The first-order valence-corrected chi connectivity index (χ1v) is 15.2. The van der Waals surface area contributed by atoms with Crippen molar-refractivity contribution >= 4 is 27.6 Å². The summed E-state index contributed by atoms with van der Waals surface area (Å²) in [7, 11) is -1.94. The number of benzene rings is 2. The summed E-state index contributed by atoms with van der Waals surface area (Å²) in [4.78, 5) is 30.1. The number of likely N-dealkylation sites (tertiary alicyclic amines) is 1. The molecule has 2 aromatic carbocycles. The van der Waals surface area contributed by atoms with Crippen molar-refractivity contribution in [3.63, 3.8) is 0 Å². The van der Waals surface area contributed by atoms with Gasteiger partial charge in [-0.3, -0.25) is 4.79 Å². The molecule has 1 N–H and O–H groups in total.